The SMILES string of the molecule is Cc1c(-c2cccnc2)nc2c(F)cccc2c1Cl.Cc1c(Cl)nc2c(F)cccc2c1Cl. The van der Waals surface area contributed by atoms with Gasteiger partial charge in [0.15, 0.2) is 0 Å². The predicted molar refractivity (Wildman–Crippen MR) is 131 cm³/mol. The van der Waals surface area contributed by atoms with Crippen LogP contribution >= 0.6 is 34.8 Å². The van der Waals surface area contributed by atoms with Crippen LogP contribution in [0.1, 0.15) is 11.1 Å². The molecule has 3 heterocycles. The first-order chi connectivity index (χ1) is 15.8. The minimum Gasteiger partial charge on any atom is -0.264 e. The van der Waals surface area contributed by atoms with Crippen molar-refractivity contribution in [3.8, 4) is 11.3 Å². The number of nitrogens with zero attached hydrogens (tertiary/aromatic N) is 3. The lowest BCUT2D eigenvalue weighted by Crippen LogP contribution is -1.94. The summed E-state index contributed by atoms with van der Waals surface area (Å²) in [7, 11) is 0. The van der Waals surface area contributed by atoms with Gasteiger partial charge in [-0.25, -0.2) is 18.7 Å². The van der Waals surface area contributed by atoms with Gasteiger partial charge in [0.25, 0.3) is 0 Å². The van der Waals surface area contributed by atoms with Gasteiger partial charge in [-0.15, -0.1) is 0 Å². The highest BCUT2D eigenvalue weighted by atomic mass is 35.5. The molecular weight excluding hydrogens is 487 g/mol. The Morgan fingerprint density at radius 3 is 1.85 bits per heavy atom. The number of hydrogen-bond acceptors (Lipinski definition) is 3. The van der Waals surface area contributed by atoms with E-state index in [0.29, 0.717) is 32.1 Å². The summed E-state index contributed by atoms with van der Waals surface area (Å²) in [5.74, 6) is -0.782. The minimum absolute atomic E-state index is 0.216. The smallest absolute Gasteiger partial charge is 0.149 e. The zero-order valence-electron chi connectivity index (χ0n) is 17.5. The molecule has 0 aliphatic heterocycles. The molecule has 0 saturated heterocycles. The molecule has 0 aliphatic rings. The van der Waals surface area contributed by atoms with Crippen molar-refractivity contribution in [3.05, 3.63) is 98.9 Å². The number of rotatable bonds is 1. The molecule has 5 aromatic rings. The first kappa shape index (κ1) is 23.3. The van der Waals surface area contributed by atoms with Crippen LogP contribution in [0.5, 0.6) is 0 Å². The molecule has 0 amide bonds. The topological polar surface area (TPSA) is 38.7 Å². The fourth-order valence-corrected chi connectivity index (χ4v) is 4.08. The van der Waals surface area contributed by atoms with Gasteiger partial charge in [-0.3, -0.25) is 4.98 Å². The fourth-order valence-electron chi connectivity index (χ4n) is 3.37. The molecule has 0 atom stereocenters. The monoisotopic (exact) mass is 501 g/mol. The second-order valence-electron chi connectivity index (χ2n) is 7.25. The van der Waals surface area contributed by atoms with E-state index in [-0.39, 0.29) is 22.0 Å². The van der Waals surface area contributed by atoms with Crippen LogP contribution in [-0.2, 0) is 0 Å². The number of fused-ring (bicyclic) bond motifs is 2. The van der Waals surface area contributed by atoms with E-state index >= 15 is 0 Å². The number of aromatic nitrogens is 3. The van der Waals surface area contributed by atoms with Crippen molar-refractivity contribution in [2.75, 3.05) is 0 Å². The summed E-state index contributed by atoms with van der Waals surface area (Å²) in [6.07, 6.45) is 3.38. The zero-order chi connectivity index (χ0) is 23.7. The van der Waals surface area contributed by atoms with Gasteiger partial charge in [-0.05, 0) is 43.7 Å². The minimum atomic E-state index is -0.411. The molecule has 0 aliphatic carbocycles. The standard InChI is InChI=1S/C15H10ClFN2.C10H6Cl2FN/c1-9-13(16)11-5-2-6-12(17)15(11)19-14(9)10-4-3-7-18-8-10;1-5-8(11)6-3-2-4-7(13)9(6)14-10(5)12/h2-8H,1H3;2-4H,1H3. The molecule has 0 bridgehead atoms. The molecule has 33 heavy (non-hydrogen) atoms. The van der Waals surface area contributed by atoms with E-state index in [9.17, 15) is 8.78 Å². The molecule has 5 rings (SSSR count). The van der Waals surface area contributed by atoms with E-state index in [0.717, 1.165) is 11.1 Å². The lowest BCUT2D eigenvalue weighted by molar-refractivity contribution is 0.636. The van der Waals surface area contributed by atoms with Crippen LogP contribution in [0.2, 0.25) is 15.2 Å². The summed E-state index contributed by atoms with van der Waals surface area (Å²) >= 11 is 18.1. The molecular formula is C25H16Cl3F2N3. The average molecular weight is 503 g/mol. The Hall–Kier alpha value is -2.86. The quantitative estimate of drug-likeness (QED) is 0.216. The number of halogens is 5. The molecule has 3 aromatic heterocycles. The van der Waals surface area contributed by atoms with E-state index < -0.39 is 5.82 Å². The van der Waals surface area contributed by atoms with E-state index in [1.807, 2.05) is 19.1 Å². The van der Waals surface area contributed by atoms with Crippen molar-refractivity contribution in [1.82, 2.24) is 15.0 Å². The zero-order valence-corrected chi connectivity index (χ0v) is 19.8. The van der Waals surface area contributed by atoms with E-state index in [2.05, 4.69) is 15.0 Å². The van der Waals surface area contributed by atoms with Gasteiger partial charge in [0.05, 0.1) is 15.7 Å². The normalized spacial score (nSPS) is 10.9. The van der Waals surface area contributed by atoms with Crippen LogP contribution in [0.4, 0.5) is 8.78 Å². The van der Waals surface area contributed by atoms with Crippen LogP contribution in [0.15, 0.2) is 60.9 Å². The number of para-hydroxylation sites is 2. The molecule has 0 spiro atoms. The highest BCUT2D eigenvalue weighted by Crippen LogP contribution is 2.33. The van der Waals surface area contributed by atoms with Crippen molar-refractivity contribution < 1.29 is 8.78 Å². The summed E-state index contributed by atoms with van der Waals surface area (Å²) in [6.45, 7) is 3.63. The Bertz CT molecular complexity index is 1490. The highest BCUT2D eigenvalue weighted by molar-refractivity contribution is 6.39. The molecule has 2 aromatic carbocycles. The second kappa shape index (κ2) is 9.56. The highest BCUT2D eigenvalue weighted by Gasteiger charge is 2.14. The molecule has 166 valence electrons. The van der Waals surface area contributed by atoms with Gasteiger partial charge in [0.2, 0.25) is 0 Å². The molecule has 0 radical (unpaired) electrons. The van der Waals surface area contributed by atoms with Crippen LogP contribution in [0.25, 0.3) is 33.1 Å². The molecule has 0 N–H and O–H groups in total. The maximum absolute atomic E-state index is 13.9. The number of pyridine rings is 3. The van der Waals surface area contributed by atoms with E-state index in [1.54, 1.807) is 43.6 Å². The van der Waals surface area contributed by atoms with Crippen molar-refractivity contribution in [3.63, 3.8) is 0 Å². The summed E-state index contributed by atoms with van der Waals surface area (Å²) in [5, 5.41) is 2.45. The molecule has 0 fully saturated rings. The number of hydrogen-bond donors (Lipinski definition) is 0. The van der Waals surface area contributed by atoms with Gasteiger partial charge < -0.3 is 0 Å². The largest absolute Gasteiger partial charge is 0.264 e. The third-order valence-corrected chi connectivity index (χ3v) is 6.48. The van der Waals surface area contributed by atoms with Crippen LogP contribution in [-0.4, -0.2) is 15.0 Å². The van der Waals surface area contributed by atoms with Gasteiger partial charge >= 0.3 is 0 Å². The van der Waals surface area contributed by atoms with Crippen molar-refractivity contribution in [2.24, 2.45) is 0 Å². The Labute approximate surface area is 204 Å². The van der Waals surface area contributed by atoms with Crippen LogP contribution < -0.4 is 0 Å². The van der Waals surface area contributed by atoms with Crippen LogP contribution in [0, 0.1) is 25.5 Å². The van der Waals surface area contributed by atoms with Gasteiger partial charge in [0, 0.05) is 34.3 Å². The summed E-state index contributed by atoms with van der Waals surface area (Å²) in [5.41, 5.74) is 3.49. The maximum Gasteiger partial charge on any atom is 0.149 e. The number of benzene rings is 2. The second-order valence-corrected chi connectivity index (χ2v) is 8.37. The predicted octanol–water partition coefficient (Wildman–Crippen LogP) is 8.39. The Kier molecular flexibility index (Phi) is 6.75. The maximum atomic E-state index is 13.9. The van der Waals surface area contributed by atoms with Crippen molar-refractivity contribution in [1.29, 1.82) is 0 Å². The fraction of sp³-hybridized carbons (Fsp3) is 0.0800. The Morgan fingerprint density at radius 2 is 1.27 bits per heavy atom. The summed E-state index contributed by atoms with van der Waals surface area (Å²) in [6, 6.07) is 13.1. The molecule has 0 unspecified atom stereocenters. The van der Waals surface area contributed by atoms with Gasteiger partial charge in [-0.2, -0.15) is 0 Å². The van der Waals surface area contributed by atoms with Gasteiger partial charge in [-0.1, -0.05) is 59.1 Å². The van der Waals surface area contributed by atoms with E-state index in [1.165, 1.54) is 12.1 Å². The first-order valence-corrected chi connectivity index (χ1v) is 11.0. The van der Waals surface area contributed by atoms with Crippen LogP contribution in [0.3, 0.4) is 0 Å². The third-order valence-electron chi connectivity index (χ3n) is 5.14. The Balaban J connectivity index is 0.000000165. The third kappa shape index (κ3) is 4.49. The van der Waals surface area contributed by atoms with Gasteiger partial charge in [0.1, 0.15) is 27.8 Å². The molecule has 8 heteroatoms. The molecule has 0 saturated carbocycles. The lowest BCUT2D eigenvalue weighted by Gasteiger charge is -2.10. The summed E-state index contributed by atoms with van der Waals surface area (Å²) < 4.78 is 27.2. The van der Waals surface area contributed by atoms with E-state index in [4.69, 9.17) is 34.8 Å². The molecule has 3 nitrogen and oxygen atoms in total. The van der Waals surface area contributed by atoms with Crippen molar-refractivity contribution >= 4 is 56.6 Å². The first-order valence-electron chi connectivity index (χ1n) is 9.84. The lowest BCUT2D eigenvalue weighted by atomic mass is 10.1. The Morgan fingerprint density at radius 1 is 0.697 bits per heavy atom. The van der Waals surface area contributed by atoms with Crippen molar-refractivity contribution in [2.45, 2.75) is 13.8 Å². The average Bonchev–Trinajstić information content (AvgIpc) is 2.82. The summed E-state index contributed by atoms with van der Waals surface area (Å²) in [4.78, 5) is 12.4.